The van der Waals surface area contributed by atoms with Crippen molar-refractivity contribution in [1.82, 2.24) is 15.1 Å². The molecule has 0 radical (unpaired) electrons. The van der Waals surface area contributed by atoms with Gasteiger partial charge in [0, 0.05) is 29.9 Å². The molecule has 1 atom stereocenters. The van der Waals surface area contributed by atoms with Crippen LogP contribution in [-0.2, 0) is 18.4 Å². The van der Waals surface area contributed by atoms with E-state index >= 15 is 0 Å². The Morgan fingerprint density at radius 2 is 1.96 bits per heavy atom. The van der Waals surface area contributed by atoms with Crippen molar-refractivity contribution in [2.45, 2.75) is 38.6 Å². The van der Waals surface area contributed by atoms with Crippen LogP contribution in [0.3, 0.4) is 0 Å². The molecular weight excluding hydrogens is 358 g/mol. The highest BCUT2D eigenvalue weighted by atomic mass is 35.5. The molecular formula is C22H24ClN3O. The number of aromatic nitrogens is 2. The average Bonchev–Trinajstić information content (AvgIpc) is 3.08. The molecule has 4 rings (SSSR count). The predicted molar refractivity (Wildman–Crippen MR) is 110 cm³/mol. The zero-order valence-corrected chi connectivity index (χ0v) is 16.2. The third-order valence-electron chi connectivity index (χ3n) is 5.43. The maximum Gasteiger partial charge on any atom is 0.223 e. The molecule has 0 saturated heterocycles. The van der Waals surface area contributed by atoms with Gasteiger partial charge in [-0.05, 0) is 47.7 Å². The largest absolute Gasteiger partial charge is 0.352 e. The van der Waals surface area contributed by atoms with Crippen LogP contribution in [0, 0.1) is 5.92 Å². The summed E-state index contributed by atoms with van der Waals surface area (Å²) in [5.74, 6) is 0.00716. The standard InChI is InChI=1S/C22H24ClN3O/c1-26-21-10-9-16(11-19(21)14-25-26)17-7-8-18(20(23)12-17)13-24-22(27)15-5-3-2-4-6-15/h7-12,14-15H,2-6,13H2,1H3,(H,24,27)/i13D. The fourth-order valence-corrected chi connectivity index (χ4v) is 4.03. The van der Waals surface area contributed by atoms with Crippen molar-refractivity contribution in [1.29, 1.82) is 0 Å². The fraction of sp³-hybridized carbons (Fsp3) is 0.364. The maximum absolute atomic E-state index is 12.4. The molecule has 0 spiro atoms. The molecule has 1 aliphatic carbocycles. The smallest absolute Gasteiger partial charge is 0.223 e. The second-order valence-corrected chi connectivity index (χ2v) is 7.67. The lowest BCUT2D eigenvalue weighted by Crippen LogP contribution is -2.31. The summed E-state index contributed by atoms with van der Waals surface area (Å²) in [7, 11) is 1.92. The minimum atomic E-state index is -0.850. The first kappa shape index (κ1) is 16.8. The predicted octanol–water partition coefficient (Wildman–Crippen LogP) is 5.09. The van der Waals surface area contributed by atoms with Gasteiger partial charge in [-0.25, -0.2) is 0 Å². The number of fused-ring (bicyclic) bond motifs is 1. The molecule has 0 bridgehead atoms. The molecule has 5 heteroatoms. The highest BCUT2D eigenvalue weighted by molar-refractivity contribution is 6.31. The molecule has 4 nitrogen and oxygen atoms in total. The van der Waals surface area contributed by atoms with E-state index in [2.05, 4.69) is 16.5 Å². The molecule has 1 aromatic heterocycles. The summed E-state index contributed by atoms with van der Waals surface area (Å²) < 4.78 is 10.2. The number of amides is 1. The number of hydrogen-bond acceptors (Lipinski definition) is 2. The Hall–Kier alpha value is -2.33. The van der Waals surface area contributed by atoms with Gasteiger partial charge in [-0.15, -0.1) is 0 Å². The van der Waals surface area contributed by atoms with Crippen LogP contribution in [0.15, 0.2) is 42.6 Å². The van der Waals surface area contributed by atoms with Crippen molar-refractivity contribution in [3.05, 3.63) is 53.2 Å². The molecule has 0 aliphatic heterocycles. The van der Waals surface area contributed by atoms with Crippen LogP contribution < -0.4 is 5.32 Å². The van der Waals surface area contributed by atoms with Gasteiger partial charge in [-0.3, -0.25) is 9.48 Å². The first-order valence-electron chi connectivity index (χ1n) is 10.0. The number of hydrogen-bond donors (Lipinski definition) is 1. The molecule has 1 amide bonds. The Morgan fingerprint density at radius 1 is 1.22 bits per heavy atom. The highest BCUT2D eigenvalue weighted by Gasteiger charge is 2.20. The fourth-order valence-electron chi connectivity index (χ4n) is 3.80. The Labute approximate surface area is 165 Å². The van der Waals surface area contributed by atoms with E-state index in [0.29, 0.717) is 10.6 Å². The normalized spacial score (nSPS) is 16.9. The van der Waals surface area contributed by atoms with Crippen molar-refractivity contribution < 1.29 is 6.17 Å². The van der Waals surface area contributed by atoms with E-state index in [-0.39, 0.29) is 11.8 Å². The van der Waals surface area contributed by atoms with Crippen LogP contribution in [0.2, 0.25) is 5.02 Å². The molecule has 140 valence electrons. The van der Waals surface area contributed by atoms with Crippen molar-refractivity contribution in [2.75, 3.05) is 0 Å². The lowest BCUT2D eigenvalue weighted by atomic mass is 9.88. The van der Waals surface area contributed by atoms with Gasteiger partial charge in [0.1, 0.15) is 0 Å². The molecule has 1 aliphatic rings. The Bertz CT molecular complexity index is 1010. The maximum atomic E-state index is 12.4. The van der Waals surface area contributed by atoms with Crippen LogP contribution >= 0.6 is 11.6 Å². The van der Waals surface area contributed by atoms with Crippen molar-refractivity contribution in [3.8, 4) is 11.1 Å². The molecule has 2 aromatic carbocycles. The Balaban J connectivity index is 1.52. The highest BCUT2D eigenvalue weighted by Crippen LogP contribution is 2.29. The second-order valence-electron chi connectivity index (χ2n) is 7.27. The van der Waals surface area contributed by atoms with Gasteiger partial charge in [0.2, 0.25) is 5.91 Å². The summed E-state index contributed by atoms with van der Waals surface area (Å²) in [6.45, 7) is -0.850. The summed E-state index contributed by atoms with van der Waals surface area (Å²) in [4.78, 5) is 12.4. The minimum absolute atomic E-state index is 0.0260. The quantitative estimate of drug-likeness (QED) is 0.683. The molecule has 1 saturated carbocycles. The molecule has 1 N–H and O–H groups in total. The monoisotopic (exact) mass is 382 g/mol. The molecule has 1 heterocycles. The lowest BCUT2D eigenvalue weighted by molar-refractivity contribution is -0.126. The third kappa shape index (κ3) is 3.86. The molecule has 1 fully saturated rings. The zero-order chi connectivity index (χ0) is 19.7. The number of benzene rings is 2. The number of nitrogens with one attached hydrogen (secondary N) is 1. The first-order valence-corrected chi connectivity index (χ1v) is 9.85. The number of halogens is 1. The van der Waals surface area contributed by atoms with Crippen LogP contribution in [0.4, 0.5) is 0 Å². The van der Waals surface area contributed by atoms with Gasteiger partial charge in [0.25, 0.3) is 0 Å². The summed E-state index contributed by atoms with van der Waals surface area (Å²) in [6.07, 6.45) is 7.07. The van der Waals surface area contributed by atoms with Crippen LogP contribution in [0.5, 0.6) is 0 Å². The topological polar surface area (TPSA) is 46.9 Å². The average molecular weight is 383 g/mol. The van der Waals surface area contributed by atoms with E-state index in [4.69, 9.17) is 13.0 Å². The van der Waals surface area contributed by atoms with Crippen LogP contribution in [0.25, 0.3) is 22.0 Å². The third-order valence-corrected chi connectivity index (χ3v) is 5.75. The van der Waals surface area contributed by atoms with E-state index in [1.165, 1.54) is 6.42 Å². The molecule has 3 aromatic rings. The van der Waals surface area contributed by atoms with Gasteiger partial charge in [0.05, 0.1) is 13.1 Å². The van der Waals surface area contributed by atoms with Gasteiger partial charge in [0.15, 0.2) is 0 Å². The zero-order valence-electron chi connectivity index (χ0n) is 16.4. The summed E-state index contributed by atoms with van der Waals surface area (Å²) >= 11 is 6.48. The summed E-state index contributed by atoms with van der Waals surface area (Å²) in [5, 5.41) is 8.66. The van der Waals surface area contributed by atoms with Crippen molar-refractivity contribution in [2.24, 2.45) is 13.0 Å². The van der Waals surface area contributed by atoms with Gasteiger partial charge >= 0.3 is 0 Å². The number of nitrogens with zero attached hydrogens (tertiary/aromatic N) is 2. The molecule has 1 unspecified atom stereocenters. The van der Waals surface area contributed by atoms with E-state index in [0.717, 1.165) is 47.7 Å². The number of carbonyl (C=O) groups excluding carboxylic acids is 1. The lowest BCUT2D eigenvalue weighted by Gasteiger charge is -2.21. The van der Waals surface area contributed by atoms with E-state index < -0.39 is 6.52 Å². The van der Waals surface area contributed by atoms with Crippen molar-refractivity contribution >= 4 is 28.4 Å². The number of carbonyl (C=O) groups is 1. The Kier molecular flexibility index (Phi) is 4.81. The van der Waals surface area contributed by atoms with Crippen LogP contribution in [0.1, 0.15) is 39.0 Å². The van der Waals surface area contributed by atoms with E-state index in [9.17, 15) is 4.79 Å². The number of rotatable bonds is 4. The van der Waals surface area contributed by atoms with Crippen molar-refractivity contribution in [3.63, 3.8) is 0 Å². The summed E-state index contributed by atoms with van der Waals surface area (Å²) in [5.41, 5.74) is 3.71. The minimum Gasteiger partial charge on any atom is -0.352 e. The van der Waals surface area contributed by atoms with E-state index in [1.54, 1.807) is 0 Å². The van der Waals surface area contributed by atoms with Gasteiger partial charge in [-0.1, -0.05) is 49.1 Å². The van der Waals surface area contributed by atoms with E-state index in [1.807, 2.05) is 48.3 Å². The second kappa shape index (κ2) is 7.73. The Morgan fingerprint density at radius 3 is 2.74 bits per heavy atom. The van der Waals surface area contributed by atoms with Gasteiger partial charge in [-0.2, -0.15) is 5.10 Å². The van der Waals surface area contributed by atoms with Crippen LogP contribution in [-0.4, -0.2) is 15.7 Å². The number of aryl methyl sites for hydroxylation is 1. The SMILES string of the molecule is [2H]C(NC(=O)C1CCCCC1)c1ccc(-c2ccc3c(cnn3C)c2)cc1Cl. The summed E-state index contributed by atoms with van der Waals surface area (Å²) in [6, 6.07) is 11.8. The van der Waals surface area contributed by atoms with Gasteiger partial charge < -0.3 is 5.32 Å². The first-order chi connectivity index (χ1) is 13.5. The molecule has 27 heavy (non-hydrogen) atoms.